The molecule has 0 amide bonds. The zero-order chi connectivity index (χ0) is 22.1. The summed E-state index contributed by atoms with van der Waals surface area (Å²) >= 11 is 0. The summed E-state index contributed by atoms with van der Waals surface area (Å²) in [7, 11) is 0. The minimum absolute atomic E-state index is 0. The van der Waals surface area contributed by atoms with Gasteiger partial charge in [0.05, 0.1) is 18.2 Å². The summed E-state index contributed by atoms with van der Waals surface area (Å²) in [6.07, 6.45) is 0.279. The standard InChI is InChI=1S/C22H29F3N6.HI/c1-3-26-20(29-18-9-5-12-31-19(18)28-15(2)30-31)27-14-21(10-6-11-21)16-7-4-8-17(13-16)22(23,24)25;/h4,7-8,13,18H,3,5-6,9-12,14H2,1-2H3,(H2,26,27,29);1H. The second kappa shape index (κ2) is 9.96. The number of hydrogen-bond donors (Lipinski definition) is 2. The number of halogens is 4. The van der Waals surface area contributed by atoms with Gasteiger partial charge in [-0.05, 0) is 51.2 Å². The molecule has 2 aromatic rings. The van der Waals surface area contributed by atoms with Crippen molar-refractivity contribution in [3.05, 3.63) is 47.0 Å². The molecule has 10 heteroatoms. The van der Waals surface area contributed by atoms with Crippen LogP contribution in [-0.2, 0) is 18.1 Å². The number of nitrogens with one attached hydrogen (secondary N) is 2. The molecule has 4 rings (SSSR count). The van der Waals surface area contributed by atoms with E-state index in [9.17, 15) is 13.2 Å². The largest absolute Gasteiger partial charge is 0.416 e. The van der Waals surface area contributed by atoms with Crippen molar-refractivity contribution in [2.45, 2.75) is 70.1 Å². The fourth-order valence-corrected chi connectivity index (χ4v) is 4.49. The lowest BCUT2D eigenvalue weighted by atomic mass is 9.64. The summed E-state index contributed by atoms with van der Waals surface area (Å²) in [5.74, 6) is 2.33. The van der Waals surface area contributed by atoms with Crippen molar-refractivity contribution >= 4 is 29.9 Å². The molecule has 1 saturated carbocycles. The van der Waals surface area contributed by atoms with Crippen LogP contribution in [0, 0.1) is 6.92 Å². The van der Waals surface area contributed by atoms with E-state index in [-0.39, 0.29) is 35.4 Å². The van der Waals surface area contributed by atoms with Crippen molar-refractivity contribution in [2.75, 3.05) is 13.1 Å². The number of rotatable bonds is 5. The molecule has 6 nitrogen and oxygen atoms in total. The van der Waals surface area contributed by atoms with Crippen LogP contribution in [0.4, 0.5) is 13.2 Å². The van der Waals surface area contributed by atoms with Crippen molar-refractivity contribution in [3.8, 4) is 0 Å². The highest BCUT2D eigenvalue weighted by Crippen LogP contribution is 2.45. The van der Waals surface area contributed by atoms with Crippen molar-refractivity contribution in [2.24, 2.45) is 4.99 Å². The van der Waals surface area contributed by atoms with E-state index in [1.807, 2.05) is 18.5 Å². The van der Waals surface area contributed by atoms with Crippen molar-refractivity contribution in [1.29, 1.82) is 0 Å². The first-order chi connectivity index (χ1) is 14.8. The maximum Gasteiger partial charge on any atom is 0.416 e. The molecular weight excluding hydrogens is 532 g/mol. The zero-order valence-electron chi connectivity index (χ0n) is 18.4. The molecule has 1 fully saturated rings. The topological polar surface area (TPSA) is 67.1 Å². The van der Waals surface area contributed by atoms with Gasteiger partial charge in [-0.25, -0.2) is 9.67 Å². The van der Waals surface area contributed by atoms with E-state index in [0.717, 1.165) is 61.9 Å². The van der Waals surface area contributed by atoms with E-state index >= 15 is 0 Å². The molecule has 0 saturated heterocycles. The predicted molar refractivity (Wildman–Crippen MR) is 128 cm³/mol. The lowest BCUT2D eigenvalue weighted by molar-refractivity contribution is -0.137. The van der Waals surface area contributed by atoms with Crippen LogP contribution < -0.4 is 10.6 Å². The summed E-state index contributed by atoms with van der Waals surface area (Å²) < 4.78 is 41.6. The second-order valence-electron chi connectivity index (χ2n) is 8.49. The first-order valence-electron chi connectivity index (χ1n) is 10.9. The monoisotopic (exact) mass is 562 g/mol. The molecule has 2 aliphatic rings. The molecule has 1 aliphatic carbocycles. The number of hydrogen-bond acceptors (Lipinski definition) is 3. The van der Waals surface area contributed by atoms with Gasteiger partial charge in [-0.1, -0.05) is 24.6 Å². The minimum Gasteiger partial charge on any atom is -0.357 e. The van der Waals surface area contributed by atoms with Crippen LogP contribution in [0.15, 0.2) is 29.3 Å². The fraction of sp³-hybridized carbons (Fsp3) is 0.591. The molecule has 1 atom stereocenters. The van der Waals surface area contributed by atoms with Crippen molar-refractivity contribution in [3.63, 3.8) is 0 Å². The van der Waals surface area contributed by atoms with Crippen LogP contribution in [0.2, 0.25) is 0 Å². The molecule has 176 valence electrons. The average Bonchev–Trinajstić information content (AvgIpc) is 3.08. The molecule has 0 radical (unpaired) electrons. The number of fused-ring (bicyclic) bond motifs is 1. The first kappa shape index (κ1) is 24.8. The van der Waals surface area contributed by atoms with E-state index in [1.165, 1.54) is 12.1 Å². The molecule has 2 N–H and O–H groups in total. The van der Waals surface area contributed by atoms with E-state index in [4.69, 9.17) is 4.99 Å². The number of nitrogens with zero attached hydrogens (tertiary/aromatic N) is 4. The van der Waals surface area contributed by atoms with Crippen LogP contribution in [-0.4, -0.2) is 33.8 Å². The second-order valence-corrected chi connectivity index (χ2v) is 8.49. The Labute approximate surface area is 203 Å². The lowest BCUT2D eigenvalue weighted by Gasteiger charge is -2.41. The van der Waals surface area contributed by atoms with Crippen LogP contribution in [0.25, 0.3) is 0 Å². The Hall–Kier alpha value is -1.85. The highest BCUT2D eigenvalue weighted by Gasteiger charge is 2.40. The van der Waals surface area contributed by atoms with Crippen LogP contribution >= 0.6 is 24.0 Å². The van der Waals surface area contributed by atoms with E-state index in [0.29, 0.717) is 19.0 Å². The summed E-state index contributed by atoms with van der Waals surface area (Å²) in [6.45, 7) is 5.89. The van der Waals surface area contributed by atoms with Gasteiger partial charge in [0.2, 0.25) is 0 Å². The van der Waals surface area contributed by atoms with E-state index in [1.54, 1.807) is 6.07 Å². The molecule has 1 unspecified atom stereocenters. The third-order valence-corrected chi connectivity index (χ3v) is 6.29. The summed E-state index contributed by atoms with van der Waals surface area (Å²) in [5, 5.41) is 11.2. The SMILES string of the molecule is CCNC(=NCC1(c2cccc(C(F)(F)F)c2)CCC1)NC1CCCn2nc(C)nc21.I. The smallest absolute Gasteiger partial charge is 0.357 e. The average molecular weight is 562 g/mol. The lowest BCUT2D eigenvalue weighted by Crippen LogP contribution is -2.44. The maximum atomic E-state index is 13.2. The van der Waals surface area contributed by atoms with E-state index < -0.39 is 11.7 Å². The number of aryl methyl sites for hydroxylation is 2. The zero-order valence-corrected chi connectivity index (χ0v) is 20.7. The summed E-state index contributed by atoms with van der Waals surface area (Å²) in [6, 6.07) is 5.74. The number of aromatic nitrogens is 3. The number of benzene rings is 1. The Morgan fingerprint density at radius 1 is 1.28 bits per heavy atom. The van der Waals surface area contributed by atoms with Gasteiger partial charge in [0.1, 0.15) is 11.6 Å². The van der Waals surface area contributed by atoms with Crippen molar-refractivity contribution < 1.29 is 13.2 Å². The Bertz CT molecular complexity index is 951. The normalized spacial score (nSPS) is 20.0. The summed E-state index contributed by atoms with van der Waals surface area (Å²) in [4.78, 5) is 9.37. The van der Waals surface area contributed by atoms with Gasteiger partial charge in [-0.3, -0.25) is 4.99 Å². The Morgan fingerprint density at radius 2 is 2.06 bits per heavy atom. The Kier molecular flexibility index (Phi) is 7.72. The van der Waals surface area contributed by atoms with Gasteiger partial charge in [-0.2, -0.15) is 18.3 Å². The highest BCUT2D eigenvalue weighted by atomic mass is 127. The van der Waals surface area contributed by atoms with E-state index in [2.05, 4.69) is 20.7 Å². The number of guanidine groups is 1. The molecule has 0 spiro atoms. The number of aliphatic imine (C=N–C) groups is 1. The van der Waals surface area contributed by atoms with Crippen molar-refractivity contribution in [1.82, 2.24) is 25.4 Å². The van der Waals surface area contributed by atoms with Gasteiger partial charge >= 0.3 is 6.18 Å². The molecule has 32 heavy (non-hydrogen) atoms. The van der Waals surface area contributed by atoms with Crippen LogP contribution in [0.3, 0.4) is 0 Å². The summed E-state index contributed by atoms with van der Waals surface area (Å²) in [5.41, 5.74) is -0.212. The molecule has 1 aromatic carbocycles. The molecule has 1 aromatic heterocycles. The fourth-order valence-electron chi connectivity index (χ4n) is 4.49. The van der Waals surface area contributed by atoms with Gasteiger partial charge in [0, 0.05) is 18.5 Å². The van der Waals surface area contributed by atoms with Gasteiger partial charge in [-0.15, -0.1) is 24.0 Å². The third-order valence-electron chi connectivity index (χ3n) is 6.29. The third kappa shape index (κ3) is 5.20. The molecular formula is C22H30F3IN6. The predicted octanol–water partition coefficient (Wildman–Crippen LogP) is 4.74. The Balaban J connectivity index is 0.00000289. The maximum absolute atomic E-state index is 13.2. The van der Waals surface area contributed by atoms with Crippen LogP contribution in [0.1, 0.15) is 67.8 Å². The number of alkyl halides is 3. The minimum atomic E-state index is -4.34. The first-order valence-corrected chi connectivity index (χ1v) is 10.9. The molecule has 2 heterocycles. The van der Waals surface area contributed by atoms with Gasteiger partial charge in [0.25, 0.3) is 0 Å². The van der Waals surface area contributed by atoms with Gasteiger partial charge in [0.15, 0.2) is 5.96 Å². The quantitative estimate of drug-likeness (QED) is 0.314. The molecule has 0 bridgehead atoms. The highest BCUT2D eigenvalue weighted by molar-refractivity contribution is 14.0. The Morgan fingerprint density at radius 3 is 2.72 bits per heavy atom. The van der Waals surface area contributed by atoms with Crippen LogP contribution in [0.5, 0.6) is 0 Å². The van der Waals surface area contributed by atoms with Gasteiger partial charge < -0.3 is 10.6 Å². The molecule has 1 aliphatic heterocycles.